The van der Waals surface area contributed by atoms with Crippen molar-refractivity contribution in [1.29, 1.82) is 0 Å². The van der Waals surface area contributed by atoms with Gasteiger partial charge in [-0.3, -0.25) is 0 Å². The summed E-state index contributed by atoms with van der Waals surface area (Å²) < 4.78 is 2.12. The number of aromatic nitrogens is 3. The third-order valence-corrected chi connectivity index (χ3v) is 4.43. The van der Waals surface area contributed by atoms with Crippen LogP contribution in [-0.2, 0) is 6.54 Å². The largest absolute Gasteiger partial charge is 0.329 e. The monoisotopic (exact) mass is 266 g/mol. The van der Waals surface area contributed by atoms with Crippen molar-refractivity contribution in [2.45, 2.75) is 56.0 Å². The fraction of sp³-hybridized carbons (Fsp3) is 0.692. The molecule has 4 nitrogen and oxygen atoms in total. The minimum atomic E-state index is 0.533. The standard InChI is InChI=1S/C13H22N4S/c1-11-15-16-13(17(11)10-9-14)18-12-7-5-3-2-4-6-8-12/h5,7,12H,2-4,6,8-10,14H2,1H3/b7-5+. The van der Waals surface area contributed by atoms with E-state index in [4.69, 9.17) is 5.73 Å². The Morgan fingerprint density at radius 3 is 3.11 bits per heavy atom. The molecule has 0 aliphatic heterocycles. The van der Waals surface area contributed by atoms with Crippen molar-refractivity contribution in [3.63, 3.8) is 0 Å². The molecule has 0 fully saturated rings. The summed E-state index contributed by atoms with van der Waals surface area (Å²) in [5.74, 6) is 0.956. The van der Waals surface area contributed by atoms with E-state index in [1.807, 2.05) is 18.7 Å². The molecule has 1 aromatic heterocycles. The molecule has 2 N–H and O–H groups in total. The second-order valence-corrected chi connectivity index (χ2v) is 5.90. The maximum absolute atomic E-state index is 5.64. The minimum Gasteiger partial charge on any atom is -0.329 e. The third-order valence-electron chi connectivity index (χ3n) is 3.22. The third kappa shape index (κ3) is 3.59. The Labute approximate surface area is 113 Å². The molecule has 1 atom stereocenters. The molecule has 1 aliphatic rings. The van der Waals surface area contributed by atoms with Gasteiger partial charge in [-0.05, 0) is 26.2 Å². The molecule has 0 spiro atoms. The molecule has 0 amide bonds. The minimum absolute atomic E-state index is 0.533. The number of nitrogens with two attached hydrogens (primary N) is 1. The zero-order chi connectivity index (χ0) is 12.8. The van der Waals surface area contributed by atoms with E-state index < -0.39 is 0 Å². The Balaban J connectivity index is 2.05. The normalized spacial score (nSPS) is 22.4. The highest BCUT2D eigenvalue weighted by molar-refractivity contribution is 7.99. The van der Waals surface area contributed by atoms with E-state index in [2.05, 4.69) is 26.9 Å². The van der Waals surface area contributed by atoms with Crippen LogP contribution in [0.1, 0.15) is 37.9 Å². The molecule has 1 heterocycles. The molecule has 0 bridgehead atoms. The van der Waals surface area contributed by atoms with E-state index in [0.717, 1.165) is 17.5 Å². The van der Waals surface area contributed by atoms with Gasteiger partial charge in [-0.25, -0.2) is 0 Å². The number of hydrogen-bond donors (Lipinski definition) is 1. The molecule has 2 rings (SSSR count). The lowest BCUT2D eigenvalue weighted by Crippen LogP contribution is -2.13. The van der Waals surface area contributed by atoms with E-state index in [9.17, 15) is 0 Å². The number of aryl methyl sites for hydroxylation is 1. The molecule has 5 heteroatoms. The van der Waals surface area contributed by atoms with Crippen LogP contribution in [0.4, 0.5) is 0 Å². The number of nitrogens with zero attached hydrogens (tertiary/aromatic N) is 3. The van der Waals surface area contributed by atoms with Crippen molar-refractivity contribution in [1.82, 2.24) is 14.8 Å². The summed E-state index contributed by atoms with van der Waals surface area (Å²) >= 11 is 1.82. The SMILES string of the molecule is Cc1nnc(SC2/C=C/CCCCC2)n1CCN. The Morgan fingerprint density at radius 1 is 1.39 bits per heavy atom. The first-order valence-electron chi connectivity index (χ1n) is 6.74. The molecule has 18 heavy (non-hydrogen) atoms. The molecule has 0 aromatic carbocycles. The Kier molecular flexibility index (Phi) is 5.26. The molecular formula is C13H22N4S. The van der Waals surface area contributed by atoms with E-state index >= 15 is 0 Å². The van der Waals surface area contributed by atoms with Gasteiger partial charge in [0.25, 0.3) is 0 Å². The Hall–Kier alpha value is -0.810. The molecule has 1 aliphatic carbocycles. The zero-order valence-electron chi connectivity index (χ0n) is 11.0. The van der Waals surface area contributed by atoms with Gasteiger partial charge in [0.15, 0.2) is 5.16 Å². The van der Waals surface area contributed by atoms with Crippen molar-refractivity contribution in [2.24, 2.45) is 5.73 Å². The van der Waals surface area contributed by atoms with Gasteiger partial charge in [0.05, 0.1) is 0 Å². The van der Waals surface area contributed by atoms with Crippen molar-refractivity contribution in [3.05, 3.63) is 18.0 Å². The van der Waals surface area contributed by atoms with Crippen LogP contribution >= 0.6 is 11.8 Å². The second-order valence-electron chi connectivity index (χ2n) is 4.69. The fourth-order valence-corrected chi connectivity index (χ4v) is 3.38. The van der Waals surface area contributed by atoms with Crippen LogP contribution in [0, 0.1) is 6.92 Å². The summed E-state index contributed by atoms with van der Waals surface area (Å²) in [6.45, 7) is 3.42. The molecule has 0 radical (unpaired) electrons. The van der Waals surface area contributed by atoms with Crippen LogP contribution in [0.2, 0.25) is 0 Å². The average molecular weight is 266 g/mol. The van der Waals surface area contributed by atoms with Crippen molar-refractivity contribution in [2.75, 3.05) is 6.54 Å². The Morgan fingerprint density at radius 2 is 2.28 bits per heavy atom. The molecule has 0 saturated heterocycles. The predicted molar refractivity (Wildman–Crippen MR) is 75.7 cm³/mol. The number of hydrogen-bond acceptors (Lipinski definition) is 4. The van der Waals surface area contributed by atoms with Gasteiger partial charge in [0, 0.05) is 18.3 Å². The highest BCUT2D eigenvalue weighted by atomic mass is 32.2. The van der Waals surface area contributed by atoms with Crippen molar-refractivity contribution in [3.8, 4) is 0 Å². The topological polar surface area (TPSA) is 56.7 Å². The molecule has 0 saturated carbocycles. The molecule has 1 unspecified atom stereocenters. The molecular weight excluding hydrogens is 244 g/mol. The summed E-state index contributed by atoms with van der Waals surface area (Å²) in [5.41, 5.74) is 5.64. The first kappa shape index (κ1) is 13.6. The summed E-state index contributed by atoms with van der Waals surface area (Å²) in [7, 11) is 0. The van der Waals surface area contributed by atoms with Gasteiger partial charge < -0.3 is 10.3 Å². The van der Waals surface area contributed by atoms with Gasteiger partial charge in [-0.15, -0.1) is 10.2 Å². The Bertz CT molecular complexity index is 400. The molecule has 100 valence electrons. The van der Waals surface area contributed by atoms with Gasteiger partial charge in [0.1, 0.15) is 5.82 Å². The van der Waals surface area contributed by atoms with E-state index in [1.54, 1.807) is 0 Å². The van der Waals surface area contributed by atoms with Crippen LogP contribution in [0.15, 0.2) is 17.3 Å². The molecule has 1 aromatic rings. The summed E-state index contributed by atoms with van der Waals surface area (Å²) in [4.78, 5) is 0. The highest BCUT2D eigenvalue weighted by Gasteiger charge is 2.14. The predicted octanol–water partition coefficient (Wildman–Crippen LogP) is 2.53. The number of rotatable bonds is 4. The van der Waals surface area contributed by atoms with Crippen LogP contribution in [0.25, 0.3) is 0 Å². The van der Waals surface area contributed by atoms with Gasteiger partial charge in [0.2, 0.25) is 0 Å². The summed E-state index contributed by atoms with van der Waals surface area (Å²) in [6.07, 6.45) is 11.1. The quantitative estimate of drug-likeness (QED) is 0.851. The lowest BCUT2D eigenvalue weighted by molar-refractivity contribution is 0.620. The second kappa shape index (κ2) is 6.95. The van der Waals surface area contributed by atoms with E-state index in [1.165, 1.54) is 32.1 Å². The number of allylic oxidation sites excluding steroid dienone is 1. The summed E-state index contributed by atoms with van der Waals surface area (Å²) in [6, 6.07) is 0. The van der Waals surface area contributed by atoms with Crippen molar-refractivity contribution < 1.29 is 0 Å². The number of thioether (sulfide) groups is 1. The lowest BCUT2D eigenvalue weighted by atomic mass is 10.1. The summed E-state index contributed by atoms with van der Waals surface area (Å²) in [5, 5.41) is 9.96. The highest BCUT2D eigenvalue weighted by Crippen LogP contribution is 2.28. The zero-order valence-corrected chi connectivity index (χ0v) is 11.8. The van der Waals surface area contributed by atoms with E-state index in [0.29, 0.717) is 11.8 Å². The first-order chi connectivity index (χ1) is 8.81. The van der Waals surface area contributed by atoms with Gasteiger partial charge >= 0.3 is 0 Å². The van der Waals surface area contributed by atoms with Crippen molar-refractivity contribution >= 4 is 11.8 Å². The maximum atomic E-state index is 5.64. The van der Waals surface area contributed by atoms with Crippen LogP contribution in [-0.4, -0.2) is 26.6 Å². The lowest BCUT2D eigenvalue weighted by Gasteiger charge is -2.15. The smallest absolute Gasteiger partial charge is 0.191 e. The van der Waals surface area contributed by atoms with Gasteiger partial charge in [-0.2, -0.15) is 0 Å². The van der Waals surface area contributed by atoms with Crippen LogP contribution < -0.4 is 5.73 Å². The average Bonchev–Trinajstić information content (AvgIpc) is 2.65. The van der Waals surface area contributed by atoms with Crippen LogP contribution in [0.3, 0.4) is 0 Å². The van der Waals surface area contributed by atoms with Gasteiger partial charge in [-0.1, -0.05) is 36.8 Å². The van der Waals surface area contributed by atoms with Crippen LogP contribution in [0.5, 0.6) is 0 Å². The fourth-order valence-electron chi connectivity index (χ4n) is 2.20. The first-order valence-corrected chi connectivity index (χ1v) is 7.62. The van der Waals surface area contributed by atoms with E-state index in [-0.39, 0.29) is 0 Å². The maximum Gasteiger partial charge on any atom is 0.191 e.